The number of halogens is 1. The molecule has 17 heavy (non-hydrogen) atoms. The van der Waals surface area contributed by atoms with Gasteiger partial charge in [-0.05, 0) is 24.5 Å². The molecule has 2 unspecified atom stereocenters. The van der Waals surface area contributed by atoms with Crippen molar-refractivity contribution in [2.75, 3.05) is 0 Å². The largest absolute Gasteiger partial charge is 0.347 e. The number of rotatable bonds is 3. The lowest BCUT2D eigenvalue weighted by Gasteiger charge is -2.27. The van der Waals surface area contributed by atoms with E-state index >= 15 is 0 Å². The molecule has 1 amide bonds. The van der Waals surface area contributed by atoms with Gasteiger partial charge in [-0.25, -0.2) is 0 Å². The normalized spacial score (nSPS) is 15.4. The Morgan fingerprint density at radius 3 is 2.47 bits per heavy atom. The number of carbonyl (C=O) groups is 1. The summed E-state index contributed by atoms with van der Waals surface area (Å²) < 4.78 is 0.723. The molecule has 0 spiro atoms. The summed E-state index contributed by atoms with van der Waals surface area (Å²) >= 11 is 7.32. The highest BCUT2D eigenvalue weighted by atomic mass is 35.5. The Kier molecular flexibility index (Phi) is 4.58. The summed E-state index contributed by atoms with van der Waals surface area (Å²) in [6.45, 7) is 7.77. The van der Waals surface area contributed by atoms with E-state index in [0.717, 1.165) is 9.21 Å². The highest BCUT2D eigenvalue weighted by Gasteiger charge is 2.28. The predicted octanol–water partition coefficient (Wildman–Crippen LogP) is 2.95. The van der Waals surface area contributed by atoms with Crippen molar-refractivity contribution in [3.8, 4) is 0 Å². The topological polar surface area (TPSA) is 55.1 Å². The SMILES string of the molecule is CC(NC(=O)C(N)C(C)(C)C)c1ccc(Cl)s1. The molecule has 0 aliphatic heterocycles. The fraction of sp³-hybridized carbons (Fsp3) is 0.583. The molecular formula is C12H19ClN2OS. The van der Waals surface area contributed by atoms with E-state index in [4.69, 9.17) is 17.3 Å². The number of hydrogen-bond donors (Lipinski definition) is 2. The summed E-state index contributed by atoms with van der Waals surface area (Å²) in [5.41, 5.74) is 5.65. The van der Waals surface area contributed by atoms with Gasteiger partial charge >= 0.3 is 0 Å². The molecule has 96 valence electrons. The average molecular weight is 275 g/mol. The fourth-order valence-electron chi connectivity index (χ4n) is 1.33. The zero-order valence-corrected chi connectivity index (χ0v) is 12.2. The van der Waals surface area contributed by atoms with Crippen molar-refractivity contribution in [2.45, 2.75) is 39.8 Å². The fourth-order valence-corrected chi connectivity index (χ4v) is 2.39. The van der Waals surface area contributed by atoms with Crippen molar-refractivity contribution < 1.29 is 4.79 Å². The first-order valence-electron chi connectivity index (χ1n) is 5.53. The van der Waals surface area contributed by atoms with Gasteiger partial charge in [0.1, 0.15) is 0 Å². The molecule has 5 heteroatoms. The first-order valence-corrected chi connectivity index (χ1v) is 6.72. The summed E-state index contributed by atoms with van der Waals surface area (Å²) in [6, 6.07) is 3.17. The molecule has 1 rings (SSSR count). The number of thiophene rings is 1. The van der Waals surface area contributed by atoms with Crippen molar-refractivity contribution in [3.63, 3.8) is 0 Å². The first kappa shape index (κ1) is 14.5. The van der Waals surface area contributed by atoms with Crippen LogP contribution in [0, 0.1) is 5.41 Å². The van der Waals surface area contributed by atoms with Crippen LogP contribution in [0.1, 0.15) is 38.6 Å². The molecule has 0 saturated heterocycles. The molecule has 0 saturated carbocycles. The van der Waals surface area contributed by atoms with E-state index in [0.29, 0.717) is 0 Å². The summed E-state index contributed by atoms with van der Waals surface area (Å²) in [4.78, 5) is 12.9. The van der Waals surface area contributed by atoms with E-state index in [1.807, 2.05) is 39.8 Å². The number of carbonyl (C=O) groups excluding carboxylic acids is 1. The van der Waals surface area contributed by atoms with Gasteiger partial charge in [0.05, 0.1) is 16.4 Å². The Bertz CT molecular complexity index is 397. The van der Waals surface area contributed by atoms with Crippen molar-refractivity contribution in [1.29, 1.82) is 0 Å². The maximum Gasteiger partial charge on any atom is 0.237 e. The molecule has 0 radical (unpaired) electrons. The third-order valence-corrected chi connectivity index (χ3v) is 4.01. The smallest absolute Gasteiger partial charge is 0.237 e. The highest BCUT2D eigenvalue weighted by Crippen LogP contribution is 2.27. The predicted molar refractivity (Wildman–Crippen MR) is 73.3 cm³/mol. The molecule has 1 aromatic rings. The number of hydrogen-bond acceptors (Lipinski definition) is 3. The molecule has 2 atom stereocenters. The van der Waals surface area contributed by atoms with Crippen molar-refractivity contribution in [2.24, 2.45) is 11.1 Å². The minimum atomic E-state index is -0.514. The van der Waals surface area contributed by atoms with Crippen molar-refractivity contribution in [3.05, 3.63) is 21.3 Å². The maximum absolute atomic E-state index is 11.9. The van der Waals surface area contributed by atoms with E-state index in [9.17, 15) is 4.79 Å². The van der Waals surface area contributed by atoms with Gasteiger partial charge in [-0.2, -0.15) is 0 Å². The average Bonchev–Trinajstić information content (AvgIpc) is 2.62. The minimum absolute atomic E-state index is 0.0617. The minimum Gasteiger partial charge on any atom is -0.347 e. The monoisotopic (exact) mass is 274 g/mol. The Balaban J connectivity index is 2.63. The molecule has 0 aliphatic carbocycles. The molecular weight excluding hydrogens is 256 g/mol. The van der Waals surface area contributed by atoms with Crippen LogP contribution in [0.25, 0.3) is 0 Å². The molecule has 1 aromatic heterocycles. The van der Waals surface area contributed by atoms with Gasteiger partial charge in [0.15, 0.2) is 0 Å². The van der Waals surface area contributed by atoms with Crippen LogP contribution >= 0.6 is 22.9 Å². The zero-order chi connectivity index (χ0) is 13.2. The number of nitrogens with two attached hydrogens (primary N) is 1. The molecule has 1 heterocycles. The van der Waals surface area contributed by atoms with Crippen LogP contribution in [0.15, 0.2) is 12.1 Å². The standard InChI is InChI=1S/C12H19ClN2OS/c1-7(8-5-6-9(13)17-8)15-11(16)10(14)12(2,3)4/h5-7,10H,14H2,1-4H3,(H,15,16). The number of amides is 1. The lowest BCUT2D eigenvalue weighted by atomic mass is 9.87. The number of nitrogens with one attached hydrogen (secondary N) is 1. The van der Waals surface area contributed by atoms with Crippen LogP contribution in [0.5, 0.6) is 0 Å². The van der Waals surface area contributed by atoms with E-state index in [1.54, 1.807) is 0 Å². The summed E-state index contributed by atoms with van der Waals surface area (Å²) in [5, 5.41) is 2.90. The van der Waals surface area contributed by atoms with Gasteiger partial charge in [-0.3, -0.25) is 4.79 Å². The molecule has 0 aromatic carbocycles. The quantitative estimate of drug-likeness (QED) is 0.890. The lowest BCUT2D eigenvalue weighted by molar-refractivity contribution is -0.125. The zero-order valence-electron chi connectivity index (χ0n) is 10.6. The van der Waals surface area contributed by atoms with Crippen LogP contribution in [0.4, 0.5) is 0 Å². The molecule has 3 N–H and O–H groups in total. The maximum atomic E-state index is 11.9. The first-order chi connectivity index (χ1) is 7.71. The van der Waals surface area contributed by atoms with Gasteiger partial charge < -0.3 is 11.1 Å². The molecule has 3 nitrogen and oxygen atoms in total. The van der Waals surface area contributed by atoms with Gasteiger partial charge in [-0.1, -0.05) is 32.4 Å². The van der Waals surface area contributed by atoms with E-state index in [-0.39, 0.29) is 17.4 Å². The van der Waals surface area contributed by atoms with Gasteiger partial charge in [0, 0.05) is 4.88 Å². The van der Waals surface area contributed by atoms with E-state index in [2.05, 4.69) is 5.32 Å². The second-order valence-electron chi connectivity index (χ2n) is 5.22. The third-order valence-electron chi connectivity index (χ3n) is 2.60. The Labute approximate surface area is 111 Å². The van der Waals surface area contributed by atoms with Crippen molar-refractivity contribution >= 4 is 28.8 Å². The van der Waals surface area contributed by atoms with Crippen LogP contribution in [-0.2, 0) is 4.79 Å². The summed E-state index contributed by atoms with van der Waals surface area (Å²) in [7, 11) is 0. The second kappa shape index (κ2) is 5.38. The molecule has 0 aliphatic rings. The van der Waals surface area contributed by atoms with Crippen molar-refractivity contribution in [1.82, 2.24) is 5.32 Å². The van der Waals surface area contributed by atoms with Gasteiger partial charge in [-0.15, -0.1) is 11.3 Å². The van der Waals surface area contributed by atoms with Crippen LogP contribution in [0.2, 0.25) is 4.34 Å². The van der Waals surface area contributed by atoms with Crippen LogP contribution in [-0.4, -0.2) is 11.9 Å². The Morgan fingerprint density at radius 2 is 2.06 bits per heavy atom. The molecule has 0 bridgehead atoms. The van der Waals surface area contributed by atoms with Crippen LogP contribution in [0.3, 0.4) is 0 Å². The van der Waals surface area contributed by atoms with E-state index < -0.39 is 6.04 Å². The molecule has 0 fully saturated rings. The summed E-state index contributed by atoms with van der Waals surface area (Å²) in [5.74, 6) is -0.130. The Morgan fingerprint density at radius 1 is 1.47 bits per heavy atom. The van der Waals surface area contributed by atoms with Crippen LogP contribution < -0.4 is 11.1 Å². The summed E-state index contributed by atoms with van der Waals surface area (Å²) in [6.07, 6.45) is 0. The Hall–Kier alpha value is -0.580. The highest BCUT2D eigenvalue weighted by molar-refractivity contribution is 7.16. The van der Waals surface area contributed by atoms with Gasteiger partial charge in [0.25, 0.3) is 0 Å². The van der Waals surface area contributed by atoms with Gasteiger partial charge in [0.2, 0.25) is 5.91 Å². The van der Waals surface area contributed by atoms with E-state index in [1.165, 1.54) is 11.3 Å². The second-order valence-corrected chi connectivity index (χ2v) is 6.96. The lowest BCUT2D eigenvalue weighted by Crippen LogP contribution is -2.49. The third kappa shape index (κ3) is 3.98.